The number of nitrogen functional groups attached to an aromatic ring is 1. The monoisotopic (exact) mass is 258 g/mol. The van der Waals surface area contributed by atoms with Crippen molar-refractivity contribution in [3.63, 3.8) is 0 Å². The van der Waals surface area contributed by atoms with Crippen molar-refractivity contribution in [2.45, 2.75) is 40.2 Å². The van der Waals surface area contributed by atoms with Crippen LogP contribution in [0.2, 0.25) is 0 Å². The van der Waals surface area contributed by atoms with Crippen LogP contribution < -0.4 is 10.5 Å². The number of hydrogen-bond donors (Lipinski definition) is 1. The summed E-state index contributed by atoms with van der Waals surface area (Å²) in [6.07, 6.45) is 1.14. The molecule has 2 rings (SSSR count). The van der Waals surface area contributed by atoms with Crippen LogP contribution >= 0.6 is 0 Å². The number of fused-ring (bicyclic) bond motifs is 1. The molecule has 0 saturated carbocycles. The van der Waals surface area contributed by atoms with Gasteiger partial charge in [-0.3, -0.25) is 0 Å². The molecule has 2 aromatic rings. The Hall–Kier alpha value is -1.77. The van der Waals surface area contributed by atoms with Crippen LogP contribution in [0, 0.1) is 5.41 Å². The molecule has 1 aromatic carbocycles. The minimum absolute atomic E-state index is 0.147. The molecule has 0 aliphatic carbocycles. The molecule has 0 saturated heterocycles. The van der Waals surface area contributed by atoms with Gasteiger partial charge in [0, 0.05) is 5.39 Å². The normalized spacial score (nSPS) is 13.5. The van der Waals surface area contributed by atoms with E-state index in [2.05, 4.69) is 32.7 Å². The zero-order chi connectivity index (χ0) is 14.0. The Labute approximate surface area is 114 Å². The Morgan fingerprint density at radius 3 is 2.63 bits per heavy atom. The molecule has 2 N–H and O–H groups in total. The standard InChI is InChI=1S/C16H22N2O/c1-11(10-16(2,3)4)19-13-7-5-6-12-8-9-14(17)18-15(12)13/h5-9,11H,10H2,1-4H3,(H2,17,18)/t11-/m1/s1. The molecular formula is C16H22N2O. The van der Waals surface area contributed by atoms with Crippen molar-refractivity contribution in [2.75, 3.05) is 5.73 Å². The number of benzene rings is 1. The van der Waals surface area contributed by atoms with E-state index in [9.17, 15) is 0 Å². The van der Waals surface area contributed by atoms with E-state index >= 15 is 0 Å². The van der Waals surface area contributed by atoms with Gasteiger partial charge in [-0.05, 0) is 37.0 Å². The Balaban J connectivity index is 2.27. The van der Waals surface area contributed by atoms with Gasteiger partial charge in [-0.25, -0.2) is 4.98 Å². The average Bonchev–Trinajstić information content (AvgIpc) is 2.27. The number of hydrogen-bond acceptors (Lipinski definition) is 3. The molecule has 3 heteroatoms. The summed E-state index contributed by atoms with van der Waals surface area (Å²) in [5.41, 5.74) is 6.84. The molecule has 1 aromatic heterocycles. The highest BCUT2D eigenvalue weighted by atomic mass is 16.5. The summed E-state index contributed by atoms with van der Waals surface area (Å²) in [5.74, 6) is 1.33. The number of para-hydroxylation sites is 1. The SMILES string of the molecule is C[C@H](CC(C)(C)C)Oc1cccc2ccc(N)nc12. The highest BCUT2D eigenvalue weighted by Gasteiger charge is 2.17. The van der Waals surface area contributed by atoms with Crippen LogP contribution in [0.3, 0.4) is 0 Å². The van der Waals surface area contributed by atoms with E-state index in [4.69, 9.17) is 10.5 Å². The maximum atomic E-state index is 6.04. The number of aromatic nitrogens is 1. The quantitative estimate of drug-likeness (QED) is 0.904. The fourth-order valence-corrected chi connectivity index (χ4v) is 2.35. The molecule has 0 unspecified atom stereocenters. The predicted octanol–water partition coefficient (Wildman–Crippen LogP) is 4.02. The second-order valence-corrected chi connectivity index (χ2v) is 6.26. The molecule has 0 radical (unpaired) electrons. The van der Waals surface area contributed by atoms with Crippen LogP contribution in [-0.4, -0.2) is 11.1 Å². The van der Waals surface area contributed by atoms with Crippen LogP contribution in [0.5, 0.6) is 5.75 Å². The van der Waals surface area contributed by atoms with Crippen LogP contribution in [0.15, 0.2) is 30.3 Å². The van der Waals surface area contributed by atoms with E-state index in [1.165, 1.54) is 0 Å². The van der Waals surface area contributed by atoms with Crippen molar-refractivity contribution >= 4 is 16.7 Å². The predicted molar refractivity (Wildman–Crippen MR) is 80.3 cm³/mol. The number of pyridine rings is 1. The van der Waals surface area contributed by atoms with E-state index in [1.807, 2.05) is 30.3 Å². The minimum Gasteiger partial charge on any atom is -0.488 e. The zero-order valence-corrected chi connectivity index (χ0v) is 12.1. The van der Waals surface area contributed by atoms with Crippen molar-refractivity contribution in [3.8, 4) is 5.75 Å². The van der Waals surface area contributed by atoms with Crippen LogP contribution in [0.1, 0.15) is 34.1 Å². The lowest BCUT2D eigenvalue weighted by Crippen LogP contribution is -2.20. The molecule has 1 atom stereocenters. The molecular weight excluding hydrogens is 236 g/mol. The second kappa shape index (κ2) is 5.08. The molecule has 102 valence electrons. The molecule has 0 fully saturated rings. The zero-order valence-electron chi connectivity index (χ0n) is 12.1. The first-order valence-corrected chi connectivity index (χ1v) is 6.67. The lowest BCUT2D eigenvalue weighted by Gasteiger charge is -2.24. The Morgan fingerprint density at radius 2 is 1.95 bits per heavy atom. The topological polar surface area (TPSA) is 48.1 Å². The maximum Gasteiger partial charge on any atom is 0.146 e. The van der Waals surface area contributed by atoms with E-state index in [0.717, 1.165) is 23.1 Å². The minimum atomic E-state index is 0.147. The third-order valence-corrected chi connectivity index (χ3v) is 2.93. The molecule has 3 nitrogen and oxygen atoms in total. The van der Waals surface area contributed by atoms with Gasteiger partial charge in [0.2, 0.25) is 0 Å². The van der Waals surface area contributed by atoms with E-state index in [1.54, 1.807) is 0 Å². The number of rotatable bonds is 3. The molecule has 1 heterocycles. The lowest BCUT2D eigenvalue weighted by molar-refractivity contribution is 0.162. The van der Waals surface area contributed by atoms with Crippen molar-refractivity contribution in [1.29, 1.82) is 0 Å². The van der Waals surface area contributed by atoms with Crippen LogP contribution in [0.4, 0.5) is 5.82 Å². The first-order chi connectivity index (χ1) is 8.85. The smallest absolute Gasteiger partial charge is 0.146 e. The van der Waals surface area contributed by atoms with Gasteiger partial charge < -0.3 is 10.5 Å². The van der Waals surface area contributed by atoms with Gasteiger partial charge in [-0.2, -0.15) is 0 Å². The summed E-state index contributed by atoms with van der Waals surface area (Å²) in [4.78, 5) is 4.38. The van der Waals surface area contributed by atoms with Gasteiger partial charge >= 0.3 is 0 Å². The summed E-state index contributed by atoms with van der Waals surface area (Å²) in [5, 5.41) is 1.05. The first-order valence-electron chi connectivity index (χ1n) is 6.67. The largest absolute Gasteiger partial charge is 0.488 e. The van der Waals surface area contributed by atoms with E-state index in [-0.39, 0.29) is 11.5 Å². The number of ether oxygens (including phenoxy) is 1. The second-order valence-electron chi connectivity index (χ2n) is 6.26. The Bertz CT molecular complexity index is 572. The fraction of sp³-hybridized carbons (Fsp3) is 0.438. The van der Waals surface area contributed by atoms with E-state index in [0.29, 0.717) is 5.82 Å². The summed E-state index contributed by atoms with van der Waals surface area (Å²) in [6, 6.07) is 9.74. The number of nitrogens with two attached hydrogens (primary N) is 1. The summed E-state index contributed by atoms with van der Waals surface area (Å²) in [7, 11) is 0. The van der Waals surface area contributed by atoms with Crippen LogP contribution in [0.25, 0.3) is 10.9 Å². The Morgan fingerprint density at radius 1 is 1.21 bits per heavy atom. The highest BCUT2D eigenvalue weighted by molar-refractivity contribution is 5.85. The van der Waals surface area contributed by atoms with Gasteiger partial charge in [-0.1, -0.05) is 32.9 Å². The summed E-state index contributed by atoms with van der Waals surface area (Å²) in [6.45, 7) is 8.74. The number of nitrogens with zero attached hydrogens (tertiary/aromatic N) is 1. The third kappa shape index (κ3) is 3.60. The molecule has 0 spiro atoms. The average molecular weight is 258 g/mol. The fourth-order valence-electron chi connectivity index (χ4n) is 2.35. The van der Waals surface area contributed by atoms with Gasteiger partial charge in [0.25, 0.3) is 0 Å². The number of anilines is 1. The van der Waals surface area contributed by atoms with Crippen molar-refractivity contribution < 1.29 is 4.74 Å². The molecule has 0 amide bonds. The van der Waals surface area contributed by atoms with Crippen molar-refractivity contribution in [1.82, 2.24) is 4.98 Å². The first kappa shape index (κ1) is 13.7. The molecule has 0 aliphatic heterocycles. The maximum absolute atomic E-state index is 6.04. The van der Waals surface area contributed by atoms with Crippen molar-refractivity contribution in [2.24, 2.45) is 5.41 Å². The highest BCUT2D eigenvalue weighted by Crippen LogP contribution is 2.28. The van der Waals surface area contributed by atoms with Gasteiger partial charge in [0.1, 0.15) is 17.1 Å². The van der Waals surface area contributed by atoms with Crippen LogP contribution in [-0.2, 0) is 0 Å². The Kier molecular flexibility index (Phi) is 3.65. The summed E-state index contributed by atoms with van der Waals surface area (Å²) >= 11 is 0. The van der Waals surface area contributed by atoms with Gasteiger partial charge in [0.15, 0.2) is 0 Å². The van der Waals surface area contributed by atoms with E-state index < -0.39 is 0 Å². The molecule has 0 aliphatic rings. The van der Waals surface area contributed by atoms with Crippen molar-refractivity contribution in [3.05, 3.63) is 30.3 Å². The molecule has 0 bridgehead atoms. The lowest BCUT2D eigenvalue weighted by atomic mass is 9.90. The third-order valence-electron chi connectivity index (χ3n) is 2.93. The van der Waals surface area contributed by atoms with Gasteiger partial charge in [0.05, 0.1) is 6.10 Å². The van der Waals surface area contributed by atoms with Gasteiger partial charge in [-0.15, -0.1) is 0 Å². The summed E-state index contributed by atoms with van der Waals surface area (Å²) < 4.78 is 6.04. The molecule has 19 heavy (non-hydrogen) atoms.